The number of hydrogen-bond acceptors (Lipinski definition) is 3. The van der Waals surface area contributed by atoms with Crippen LogP contribution in [0.5, 0.6) is 0 Å². The molecular formula is C16H24N2O2. The van der Waals surface area contributed by atoms with Crippen LogP contribution in [0.3, 0.4) is 0 Å². The summed E-state index contributed by atoms with van der Waals surface area (Å²) in [5, 5.41) is 6.42. The zero-order valence-corrected chi connectivity index (χ0v) is 12.3. The van der Waals surface area contributed by atoms with Gasteiger partial charge in [-0.1, -0.05) is 30.3 Å². The molecule has 1 saturated carbocycles. The van der Waals surface area contributed by atoms with Gasteiger partial charge in [0.25, 0.3) is 5.91 Å². The molecule has 20 heavy (non-hydrogen) atoms. The average Bonchev–Trinajstić information content (AvgIpc) is 2.50. The van der Waals surface area contributed by atoms with Gasteiger partial charge in [0.05, 0.1) is 0 Å². The van der Waals surface area contributed by atoms with Crippen LogP contribution in [0.4, 0.5) is 0 Å². The zero-order chi connectivity index (χ0) is 14.4. The summed E-state index contributed by atoms with van der Waals surface area (Å²) in [4.78, 5) is 12.3. The van der Waals surface area contributed by atoms with E-state index < -0.39 is 6.10 Å². The smallest absolute Gasteiger partial charge is 0.253 e. The molecule has 0 spiro atoms. The van der Waals surface area contributed by atoms with Crippen LogP contribution >= 0.6 is 0 Å². The predicted molar refractivity (Wildman–Crippen MR) is 79.4 cm³/mol. The third kappa shape index (κ3) is 3.81. The second kappa shape index (κ2) is 7.41. The summed E-state index contributed by atoms with van der Waals surface area (Å²) in [5.41, 5.74) is 0.899. The number of rotatable bonds is 5. The highest BCUT2D eigenvalue weighted by atomic mass is 16.5. The number of hydrogen-bond donors (Lipinski definition) is 2. The minimum absolute atomic E-state index is 0.0355. The average molecular weight is 276 g/mol. The fraction of sp³-hybridized carbons (Fsp3) is 0.562. The minimum Gasteiger partial charge on any atom is -0.367 e. The second-order valence-corrected chi connectivity index (χ2v) is 5.37. The lowest BCUT2D eigenvalue weighted by atomic mass is 9.91. The molecule has 1 unspecified atom stereocenters. The molecule has 2 rings (SSSR count). The second-order valence-electron chi connectivity index (χ2n) is 5.37. The summed E-state index contributed by atoms with van der Waals surface area (Å²) >= 11 is 0. The Hall–Kier alpha value is -1.39. The number of amides is 1. The summed E-state index contributed by atoms with van der Waals surface area (Å²) in [6.07, 6.45) is 3.78. The van der Waals surface area contributed by atoms with Crippen LogP contribution in [0.25, 0.3) is 0 Å². The third-order valence-electron chi connectivity index (χ3n) is 4.06. The predicted octanol–water partition coefficient (Wildman–Crippen LogP) is 2.02. The van der Waals surface area contributed by atoms with Gasteiger partial charge < -0.3 is 15.4 Å². The topological polar surface area (TPSA) is 50.4 Å². The largest absolute Gasteiger partial charge is 0.367 e. The van der Waals surface area contributed by atoms with Crippen LogP contribution in [0, 0.1) is 0 Å². The molecule has 0 aliphatic heterocycles. The van der Waals surface area contributed by atoms with E-state index in [2.05, 4.69) is 10.6 Å². The van der Waals surface area contributed by atoms with E-state index in [0.29, 0.717) is 6.04 Å². The quantitative estimate of drug-likeness (QED) is 0.865. The summed E-state index contributed by atoms with van der Waals surface area (Å²) in [5.74, 6) is -0.0355. The summed E-state index contributed by atoms with van der Waals surface area (Å²) < 4.78 is 5.36. The molecule has 0 saturated heterocycles. The van der Waals surface area contributed by atoms with Gasteiger partial charge in [0.1, 0.15) is 0 Å². The lowest BCUT2D eigenvalue weighted by Crippen LogP contribution is -2.43. The van der Waals surface area contributed by atoms with Crippen LogP contribution in [0.2, 0.25) is 0 Å². The number of carbonyl (C=O) groups excluding carboxylic acids is 1. The zero-order valence-electron chi connectivity index (χ0n) is 12.3. The molecule has 1 aliphatic carbocycles. The molecule has 2 N–H and O–H groups in total. The summed E-state index contributed by atoms with van der Waals surface area (Å²) in [6.45, 7) is 0. The van der Waals surface area contributed by atoms with Crippen molar-refractivity contribution in [3.05, 3.63) is 35.9 Å². The van der Waals surface area contributed by atoms with Gasteiger partial charge in [-0.2, -0.15) is 0 Å². The van der Waals surface area contributed by atoms with Gasteiger partial charge in [0.15, 0.2) is 6.10 Å². The van der Waals surface area contributed by atoms with Gasteiger partial charge >= 0.3 is 0 Å². The molecule has 0 heterocycles. The maximum Gasteiger partial charge on any atom is 0.253 e. The van der Waals surface area contributed by atoms with Crippen molar-refractivity contribution in [2.45, 2.75) is 43.9 Å². The number of nitrogens with one attached hydrogen (secondary N) is 2. The van der Waals surface area contributed by atoms with Gasteiger partial charge in [-0.3, -0.25) is 4.79 Å². The molecule has 1 fully saturated rings. The van der Waals surface area contributed by atoms with Gasteiger partial charge in [-0.15, -0.1) is 0 Å². The van der Waals surface area contributed by atoms with Crippen molar-refractivity contribution in [3.8, 4) is 0 Å². The van der Waals surface area contributed by atoms with E-state index in [9.17, 15) is 4.79 Å². The van der Waals surface area contributed by atoms with Crippen LogP contribution in [0.1, 0.15) is 37.4 Å². The van der Waals surface area contributed by atoms with Gasteiger partial charge in [0, 0.05) is 19.2 Å². The minimum atomic E-state index is -0.516. The van der Waals surface area contributed by atoms with Crippen molar-refractivity contribution in [3.63, 3.8) is 0 Å². The number of methoxy groups -OCH3 is 1. The SMILES string of the molecule is CNC1CCC(NC(=O)C(OC)c2ccccc2)CC1. The molecular weight excluding hydrogens is 252 g/mol. The third-order valence-corrected chi connectivity index (χ3v) is 4.06. The molecule has 1 atom stereocenters. The lowest BCUT2D eigenvalue weighted by Gasteiger charge is -2.29. The van der Waals surface area contributed by atoms with Gasteiger partial charge in [-0.25, -0.2) is 0 Å². The van der Waals surface area contributed by atoms with Gasteiger partial charge in [-0.05, 0) is 38.3 Å². The van der Waals surface area contributed by atoms with Crippen molar-refractivity contribution in [2.24, 2.45) is 0 Å². The first kappa shape index (κ1) is 15.0. The number of benzene rings is 1. The van der Waals surface area contributed by atoms with E-state index in [-0.39, 0.29) is 11.9 Å². The molecule has 110 valence electrons. The highest BCUT2D eigenvalue weighted by Crippen LogP contribution is 2.21. The highest BCUT2D eigenvalue weighted by Gasteiger charge is 2.25. The first-order valence-corrected chi connectivity index (χ1v) is 7.30. The van der Waals surface area contributed by atoms with E-state index >= 15 is 0 Å². The van der Waals surface area contributed by atoms with E-state index in [0.717, 1.165) is 31.2 Å². The Morgan fingerprint density at radius 1 is 1.15 bits per heavy atom. The summed E-state index contributed by atoms with van der Waals surface area (Å²) in [6, 6.07) is 10.5. The normalized spacial score (nSPS) is 24.1. The molecule has 4 heteroatoms. The Labute approximate surface area is 120 Å². The molecule has 4 nitrogen and oxygen atoms in total. The molecule has 1 aromatic rings. The standard InChI is InChI=1S/C16H24N2O2/c1-17-13-8-10-14(11-9-13)18-16(19)15(20-2)12-6-4-3-5-7-12/h3-7,13-15,17H,8-11H2,1-2H3,(H,18,19). The molecule has 0 radical (unpaired) electrons. The van der Waals surface area contributed by atoms with Crippen molar-refractivity contribution in [2.75, 3.05) is 14.2 Å². The van der Waals surface area contributed by atoms with Crippen LogP contribution in [-0.2, 0) is 9.53 Å². The van der Waals surface area contributed by atoms with E-state index in [1.54, 1.807) is 7.11 Å². The summed E-state index contributed by atoms with van der Waals surface area (Å²) in [7, 11) is 3.58. The Kier molecular flexibility index (Phi) is 5.56. The van der Waals surface area contributed by atoms with Crippen molar-refractivity contribution in [1.82, 2.24) is 10.6 Å². The molecule has 1 aliphatic rings. The van der Waals surface area contributed by atoms with Crippen molar-refractivity contribution < 1.29 is 9.53 Å². The van der Waals surface area contributed by atoms with Gasteiger partial charge in [0.2, 0.25) is 0 Å². The molecule has 1 amide bonds. The van der Waals surface area contributed by atoms with E-state index in [4.69, 9.17) is 4.74 Å². The maximum absolute atomic E-state index is 12.3. The fourth-order valence-electron chi connectivity index (χ4n) is 2.83. The van der Waals surface area contributed by atoms with Crippen molar-refractivity contribution >= 4 is 5.91 Å². The first-order valence-electron chi connectivity index (χ1n) is 7.30. The van der Waals surface area contributed by atoms with Crippen molar-refractivity contribution in [1.29, 1.82) is 0 Å². The Morgan fingerprint density at radius 2 is 1.75 bits per heavy atom. The highest BCUT2D eigenvalue weighted by molar-refractivity contribution is 5.82. The monoisotopic (exact) mass is 276 g/mol. The fourth-order valence-corrected chi connectivity index (χ4v) is 2.83. The lowest BCUT2D eigenvalue weighted by molar-refractivity contribution is -0.132. The maximum atomic E-state index is 12.3. The van der Waals surface area contributed by atoms with Crippen LogP contribution < -0.4 is 10.6 Å². The molecule has 1 aromatic carbocycles. The molecule has 0 bridgehead atoms. The number of carbonyl (C=O) groups is 1. The first-order chi connectivity index (χ1) is 9.74. The van der Waals surface area contributed by atoms with Crippen LogP contribution in [-0.4, -0.2) is 32.1 Å². The Bertz CT molecular complexity index is 414. The molecule has 0 aromatic heterocycles. The Morgan fingerprint density at radius 3 is 2.30 bits per heavy atom. The van der Waals surface area contributed by atoms with E-state index in [1.165, 1.54) is 0 Å². The number of ether oxygens (including phenoxy) is 1. The van der Waals surface area contributed by atoms with Crippen LogP contribution in [0.15, 0.2) is 30.3 Å². The Balaban J connectivity index is 1.90. The van der Waals surface area contributed by atoms with E-state index in [1.807, 2.05) is 37.4 Å².